The molecule has 0 saturated heterocycles. The fourth-order valence-corrected chi connectivity index (χ4v) is 1.12. The van der Waals surface area contributed by atoms with E-state index in [0.29, 0.717) is 11.4 Å². The van der Waals surface area contributed by atoms with Crippen molar-refractivity contribution in [2.24, 2.45) is 7.05 Å². The third-order valence-corrected chi connectivity index (χ3v) is 1.67. The Morgan fingerprint density at radius 3 is 2.93 bits per heavy atom. The number of nitriles is 1. The molecule has 0 spiro atoms. The maximum atomic E-state index is 11.4. The van der Waals surface area contributed by atoms with Crippen molar-refractivity contribution in [1.29, 1.82) is 5.26 Å². The summed E-state index contributed by atoms with van der Waals surface area (Å²) in [6, 6.07) is 1.96. The first-order valence-corrected chi connectivity index (χ1v) is 4.41. The van der Waals surface area contributed by atoms with Crippen LogP contribution in [0.3, 0.4) is 0 Å². The summed E-state index contributed by atoms with van der Waals surface area (Å²) >= 11 is 0. The van der Waals surface area contributed by atoms with Crippen molar-refractivity contribution in [3.8, 4) is 6.07 Å². The Kier molecular flexibility index (Phi) is 3.42. The summed E-state index contributed by atoms with van der Waals surface area (Å²) < 4.78 is 1.49. The highest BCUT2D eigenvalue weighted by Crippen LogP contribution is 2.10. The number of anilines is 1. The lowest BCUT2D eigenvalue weighted by molar-refractivity contribution is -0.116. The molecule has 1 rings (SSSR count). The highest BCUT2D eigenvalue weighted by atomic mass is 16.2. The van der Waals surface area contributed by atoms with Crippen LogP contribution in [0.2, 0.25) is 0 Å². The van der Waals surface area contributed by atoms with Gasteiger partial charge in [-0.15, -0.1) is 0 Å². The maximum absolute atomic E-state index is 11.4. The van der Waals surface area contributed by atoms with Gasteiger partial charge in [0.1, 0.15) is 11.6 Å². The van der Waals surface area contributed by atoms with Crippen LogP contribution in [-0.2, 0) is 11.8 Å². The van der Waals surface area contributed by atoms with E-state index in [2.05, 4.69) is 10.4 Å². The van der Waals surface area contributed by atoms with E-state index >= 15 is 0 Å². The molecule has 0 saturated carbocycles. The first kappa shape index (κ1) is 11.2. The third-order valence-electron chi connectivity index (χ3n) is 1.67. The molecule has 15 heavy (non-hydrogen) atoms. The summed E-state index contributed by atoms with van der Waals surface area (Å²) in [4.78, 5) is 13.1. The Labute approximate surface area is 88.1 Å². The number of aryl methyl sites for hydroxylation is 1. The molecule has 0 aromatic carbocycles. The van der Waals surface area contributed by atoms with Gasteiger partial charge in [-0.1, -0.05) is 0 Å². The van der Waals surface area contributed by atoms with Crippen LogP contribution in [0, 0.1) is 11.3 Å². The molecule has 6 heteroatoms. The minimum absolute atomic E-state index is 0.185. The molecule has 0 atom stereocenters. The van der Waals surface area contributed by atoms with Gasteiger partial charge in [-0.05, 0) is 14.1 Å². The van der Waals surface area contributed by atoms with Gasteiger partial charge in [-0.3, -0.25) is 9.48 Å². The topological polar surface area (TPSA) is 74.0 Å². The Morgan fingerprint density at radius 2 is 2.40 bits per heavy atom. The standard InChI is InChI=1S/C9H13N5O/c1-13(2)6-8(15)11-9-7(4-10)5-14(3)12-9/h5H,6H2,1-3H3,(H,11,12,15). The monoisotopic (exact) mass is 207 g/mol. The quantitative estimate of drug-likeness (QED) is 0.744. The average Bonchev–Trinajstić information content (AvgIpc) is 2.44. The van der Waals surface area contributed by atoms with Gasteiger partial charge in [0.25, 0.3) is 0 Å². The second kappa shape index (κ2) is 4.57. The van der Waals surface area contributed by atoms with Gasteiger partial charge >= 0.3 is 0 Å². The van der Waals surface area contributed by atoms with Gasteiger partial charge in [-0.25, -0.2) is 0 Å². The number of rotatable bonds is 3. The van der Waals surface area contributed by atoms with E-state index in [1.54, 1.807) is 32.2 Å². The summed E-state index contributed by atoms with van der Waals surface area (Å²) in [5.74, 6) is 0.127. The van der Waals surface area contributed by atoms with Crippen LogP contribution >= 0.6 is 0 Å². The fourth-order valence-electron chi connectivity index (χ4n) is 1.12. The number of nitrogens with one attached hydrogen (secondary N) is 1. The summed E-state index contributed by atoms with van der Waals surface area (Å²) in [6.45, 7) is 0.265. The zero-order valence-corrected chi connectivity index (χ0v) is 8.98. The average molecular weight is 207 g/mol. The lowest BCUT2D eigenvalue weighted by Crippen LogP contribution is -2.27. The molecule has 1 amide bonds. The molecule has 0 radical (unpaired) electrons. The number of carbonyl (C=O) groups is 1. The van der Waals surface area contributed by atoms with Crippen molar-refractivity contribution in [3.05, 3.63) is 11.8 Å². The van der Waals surface area contributed by atoms with Crippen molar-refractivity contribution in [2.45, 2.75) is 0 Å². The van der Waals surface area contributed by atoms with Crippen LogP contribution < -0.4 is 5.32 Å². The van der Waals surface area contributed by atoms with Crippen LogP contribution in [0.4, 0.5) is 5.82 Å². The van der Waals surface area contributed by atoms with Gasteiger partial charge in [-0.2, -0.15) is 10.4 Å². The molecule has 6 nitrogen and oxygen atoms in total. The molecular formula is C9H13N5O. The number of aromatic nitrogens is 2. The second-order valence-corrected chi connectivity index (χ2v) is 3.46. The van der Waals surface area contributed by atoms with Crippen molar-refractivity contribution in [3.63, 3.8) is 0 Å². The zero-order chi connectivity index (χ0) is 11.4. The summed E-state index contributed by atoms with van der Waals surface area (Å²) in [5, 5.41) is 15.3. The van der Waals surface area contributed by atoms with E-state index in [1.807, 2.05) is 6.07 Å². The Hall–Kier alpha value is -1.87. The lowest BCUT2D eigenvalue weighted by Gasteiger charge is -2.08. The minimum atomic E-state index is -0.185. The number of likely N-dealkylation sites (N-methyl/N-ethyl adjacent to an activating group) is 1. The zero-order valence-electron chi connectivity index (χ0n) is 8.98. The van der Waals surface area contributed by atoms with E-state index in [1.165, 1.54) is 4.68 Å². The summed E-state index contributed by atoms with van der Waals surface area (Å²) in [5.41, 5.74) is 0.365. The second-order valence-electron chi connectivity index (χ2n) is 3.46. The maximum Gasteiger partial charge on any atom is 0.239 e. The Bertz CT molecular complexity index is 401. The van der Waals surface area contributed by atoms with Crippen LogP contribution in [0.15, 0.2) is 6.20 Å². The minimum Gasteiger partial charge on any atom is -0.307 e. The van der Waals surface area contributed by atoms with Crippen molar-refractivity contribution >= 4 is 11.7 Å². The summed E-state index contributed by atoms with van der Waals surface area (Å²) in [6.07, 6.45) is 1.56. The largest absolute Gasteiger partial charge is 0.307 e. The van der Waals surface area contributed by atoms with E-state index in [4.69, 9.17) is 5.26 Å². The van der Waals surface area contributed by atoms with Gasteiger partial charge in [0, 0.05) is 13.2 Å². The van der Waals surface area contributed by atoms with Gasteiger partial charge in [0.2, 0.25) is 5.91 Å². The predicted molar refractivity (Wildman–Crippen MR) is 55.1 cm³/mol. The third kappa shape index (κ3) is 3.07. The molecule has 0 aliphatic heterocycles. The number of nitrogens with zero attached hydrogens (tertiary/aromatic N) is 4. The van der Waals surface area contributed by atoms with E-state index in [-0.39, 0.29) is 12.5 Å². The summed E-state index contributed by atoms with van der Waals surface area (Å²) in [7, 11) is 5.29. The van der Waals surface area contributed by atoms with Crippen LogP contribution in [0.25, 0.3) is 0 Å². The smallest absolute Gasteiger partial charge is 0.239 e. The van der Waals surface area contributed by atoms with Crippen LogP contribution in [-0.4, -0.2) is 41.2 Å². The van der Waals surface area contributed by atoms with Gasteiger partial charge in [0.05, 0.1) is 6.54 Å². The molecule has 1 heterocycles. The SMILES string of the molecule is CN(C)CC(=O)Nc1nn(C)cc1C#N. The molecule has 0 aliphatic rings. The molecule has 80 valence electrons. The Balaban J connectivity index is 2.72. The molecule has 1 N–H and O–H groups in total. The molecule has 1 aromatic rings. The number of carbonyl (C=O) groups excluding carboxylic acids is 1. The number of amides is 1. The molecule has 0 bridgehead atoms. The molecule has 0 fully saturated rings. The van der Waals surface area contributed by atoms with Crippen LogP contribution in [0.5, 0.6) is 0 Å². The molecule has 0 aliphatic carbocycles. The van der Waals surface area contributed by atoms with E-state index in [0.717, 1.165) is 0 Å². The lowest BCUT2D eigenvalue weighted by atomic mass is 10.3. The van der Waals surface area contributed by atoms with Gasteiger partial charge < -0.3 is 10.2 Å². The molecule has 1 aromatic heterocycles. The predicted octanol–water partition coefficient (Wildman–Crippen LogP) is -0.208. The van der Waals surface area contributed by atoms with E-state index < -0.39 is 0 Å². The first-order chi connectivity index (χ1) is 7.02. The van der Waals surface area contributed by atoms with E-state index in [9.17, 15) is 4.79 Å². The van der Waals surface area contributed by atoms with Gasteiger partial charge in [0.15, 0.2) is 5.82 Å². The van der Waals surface area contributed by atoms with Crippen molar-refractivity contribution in [1.82, 2.24) is 14.7 Å². The highest BCUT2D eigenvalue weighted by Gasteiger charge is 2.10. The van der Waals surface area contributed by atoms with Crippen molar-refractivity contribution < 1.29 is 4.79 Å². The molecular weight excluding hydrogens is 194 g/mol. The highest BCUT2D eigenvalue weighted by molar-refractivity contribution is 5.92. The molecule has 0 unspecified atom stereocenters. The fraction of sp³-hybridized carbons (Fsp3) is 0.444. The number of hydrogen-bond donors (Lipinski definition) is 1. The van der Waals surface area contributed by atoms with Crippen molar-refractivity contribution in [2.75, 3.05) is 26.0 Å². The number of hydrogen-bond acceptors (Lipinski definition) is 4. The normalized spacial score (nSPS) is 10.1. The van der Waals surface area contributed by atoms with Crippen LogP contribution in [0.1, 0.15) is 5.56 Å². The first-order valence-electron chi connectivity index (χ1n) is 4.41. The Morgan fingerprint density at radius 1 is 1.73 bits per heavy atom.